The molecule has 0 bridgehead atoms. The lowest BCUT2D eigenvalue weighted by molar-refractivity contribution is -0.127. The number of benzene rings is 3. The molecule has 9 heteroatoms. The van der Waals surface area contributed by atoms with Gasteiger partial charge in [0.15, 0.2) is 4.80 Å². The van der Waals surface area contributed by atoms with Gasteiger partial charge in [0.2, 0.25) is 0 Å². The molecule has 0 radical (unpaired) electrons. The fourth-order valence-electron chi connectivity index (χ4n) is 4.84. The molecule has 1 amide bonds. The molecule has 41 heavy (non-hydrogen) atoms. The maximum Gasteiger partial charge on any atom is 0.271 e. The summed E-state index contributed by atoms with van der Waals surface area (Å²) < 4.78 is 8.05. The number of rotatable bonds is 8. The van der Waals surface area contributed by atoms with Crippen LogP contribution in [-0.2, 0) is 11.4 Å². The molecule has 5 rings (SSSR count). The van der Waals surface area contributed by atoms with Crippen molar-refractivity contribution in [3.05, 3.63) is 130 Å². The quantitative estimate of drug-likeness (QED) is 0.248. The number of carbonyl (C=O) groups is 1. The minimum Gasteiger partial charge on any atom is -0.489 e. The Morgan fingerprint density at radius 1 is 1.02 bits per heavy atom. The summed E-state index contributed by atoms with van der Waals surface area (Å²) in [5.74, 6) is 0.584. The topological polar surface area (TPSA) is 63.9 Å². The number of thiazole rings is 1. The molecular weight excluding hydrogens is 577 g/mol. The number of aromatic nitrogens is 1. The van der Waals surface area contributed by atoms with Gasteiger partial charge in [0, 0.05) is 23.1 Å². The zero-order valence-electron chi connectivity index (χ0n) is 22.9. The van der Waals surface area contributed by atoms with E-state index in [2.05, 4.69) is 0 Å². The van der Waals surface area contributed by atoms with Crippen LogP contribution in [0.25, 0.3) is 6.08 Å². The Morgan fingerprint density at radius 3 is 2.39 bits per heavy atom. The van der Waals surface area contributed by atoms with E-state index >= 15 is 0 Å². The van der Waals surface area contributed by atoms with Crippen molar-refractivity contribution in [2.24, 2.45) is 4.99 Å². The monoisotopic (exact) mass is 605 g/mol. The zero-order valence-corrected chi connectivity index (χ0v) is 25.3. The van der Waals surface area contributed by atoms with Crippen LogP contribution in [0.2, 0.25) is 10.0 Å². The van der Waals surface area contributed by atoms with E-state index in [4.69, 9.17) is 32.9 Å². The second-order valence-electron chi connectivity index (χ2n) is 9.60. The number of hydrogen-bond donors (Lipinski definition) is 0. The highest BCUT2D eigenvalue weighted by Crippen LogP contribution is 2.32. The maximum absolute atomic E-state index is 13.9. The second-order valence-corrected chi connectivity index (χ2v) is 11.5. The van der Waals surface area contributed by atoms with Gasteiger partial charge in [-0.15, -0.1) is 0 Å². The Hall–Kier alpha value is -3.65. The van der Waals surface area contributed by atoms with E-state index < -0.39 is 6.04 Å². The molecular formula is C32H29Cl2N3O3S. The highest BCUT2D eigenvalue weighted by molar-refractivity contribution is 7.07. The summed E-state index contributed by atoms with van der Waals surface area (Å²) in [5.41, 5.74) is 3.53. The van der Waals surface area contributed by atoms with Crippen molar-refractivity contribution >= 4 is 46.5 Å². The summed E-state index contributed by atoms with van der Waals surface area (Å²) in [4.78, 5) is 34.6. The SMILES string of the molecule is CCN(CC)C(=O)C1=C(C)N=c2s/c(=C/c3ccc(OCc4cccc(Cl)c4)cc3)c(=O)n2[C@H]1c1ccc(Cl)cc1. The second kappa shape index (κ2) is 12.5. The average molecular weight is 607 g/mol. The molecule has 4 aromatic rings. The van der Waals surface area contributed by atoms with Gasteiger partial charge in [0.05, 0.1) is 21.8 Å². The Labute approximate surface area is 252 Å². The van der Waals surface area contributed by atoms with E-state index in [-0.39, 0.29) is 11.5 Å². The van der Waals surface area contributed by atoms with E-state index in [1.807, 2.05) is 87.5 Å². The maximum atomic E-state index is 13.9. The number of fused-ring (bicyclic) bond motifs is 1. The molecule has 0 fully saturated rings. The number of carbonyl (C=O) groups excluding carboxylic acids is 1. The van der Waals surface area contributed by atoms with E-state index in [0.29, 0.717) is 56.1 Å². The molecule has 0 unspecified atom stereocenters. The first kappa shape index (κ1) is 28.9. The number of hydrogen-bond acceptors (Lipinski definition) is 5. The molecule has 1 aromatic heterocycles. The predicted octanol–water partition coefficient (Wildman–Crippen LogP) is 5.99. The average Bonchev–Trinajstić information content (AvgIpc) is 3.27. The first-order valence-electron chi connectivity index (χ1n) is 13.3. The van der Waals surface area contributed by atoms with Crippen LogP contribution in [0.3, 0.4) is 0 Å². The third-order valence-electron chi connectivity index (χ3n) is 6.96. The molecule has 0 saturated heterocycles. The largest absolute Gasteiger partial charge is 0.489 e. The zero-order chi connectivity index (χ0) is 29.1. The van der Waals surface area contributed by atoms with Crippen molar-refractivity contribution in [3.8, 4) is 5.75 Å². The summed E-state index contributed by atoms with van der Waals surface area (Å²) in [6.07, 6.45) is 1.84. The van der Waals surface area contributed by atoms with Gasteiger partial charge in [0.25, 0.3) is 11.5 Å². The Morgan fingerprint density at radius 2 is 1.73 bits per heavy atom. The van der Waals surface area contributed by atoms with Crippen molar-refractivity contribution in [3.63, 3.8) is 0 Å². The lowest BCUT2D eigenvalue weighted by atomic mass is 9.94. The summed E-state index contributed by atoms with van der Waals surface area (Å²) in [6, 6.07) is 21.8. The number of nitrogens with zero attached hydrogens (tertiary/aromatic N) is 3. The number of halogens is 2. The van der Waals surface area contributed by atoms with Gasteiger partial charge < -0.3 is 9.64 Å². The Kier molecular flexibility index (Phi) is 8.78. The van der Waals surface area contributed by atoms with Crippen molar-refractivity contribution in [2.45, 2.75) is 33.4 Å². The molecule has 2 heterocycles. The van der Waals surface area contributed by atoms with Crippen LogP contribution in [0.15, 0.2) is 93.9 Å². The molecule has 1 aliphatic rings. The summed E-state index contributed by atoms with van der Waals surface area (Å²) in [6.45, 7) is 7.23. The highest BCUT2D eigenvalue weighted by atomic mass is 35.5. The van der Waals surface area contributed by atoms with Crippen LogP contribution in [0.5, 0.6) is 5.75 Å². The number of allylic oxidation sites excluding steroid dienone is 1. The first-order valence-corrected chi connectivity index (χ1v) is 14.9. The predicted molar refractivity (Wildman–Crippen MR) is 165 cm³/mol. The minimum absolute atomic E-state index is 0.126. The van der Waals surface area contributed by atoms with Crippen LogP contribution in [-0.4, -0.2) is 28.5 Å². The van der Waals surface area contributed by atoms with E-state index in [1.165, 1.54) is 11.3 Å². The normalized spacial score (nSPS) is 15.0. The van der Waals surface area contributed by atoms with Gasteiger partial charge in [-0.3, -0.25) is 14.2 Å². The van der Waals surface area contributed by atoms with Crippen molar-refractivity contribution in [1.82, 2.24) is 9.47 Å². The van der Waals surface area contributed by atoms with Crippen LogP contribution in [0.1, 0.15) is 43.5 Å². The summed E-state index contributed by atoms with van der Waals surface area (Å²) >= 11 is 13.5. The van der Waals surface area contributed by atoms with Gasteiger partial charge in [-0.05, 0) is 79.9 Å². The molecule has 0 saturated carbocycles. The van der Waals surface area contributed by atoms with Crippen molar-refractivity contribution in [2.75, 3.05) is 13.1 Å². The molecule has 3 aromatic carbocycles. The van der Waals surface area contributed by atoms with Gasteiger partial charge in [-0.25, -0.2) is 4.99 Å². The Bertz CT molecular complexity index is 1790. The lowest BCUT2D eigenvalue weighted by Gasteiger charge is -2.29. The van der Waals surface area contributed by atoms with Crippen LogP contribution >= 0.6 is 34.5 Å². The van der Waals surface area contributed by atoms with Crippen molar-refractivity contribution in [1.29, 1.82) is 0 Å². The third-order valence-corrected chi connectivity index (χ3v) is 8.43. The molecule has 210 valence electrons. The van der Waals surface area contributed by atoms with Crippen LogP contribution < -0.4 is 19.6 Å². The standard InChI is InChI=1S/C32H29Cl2N3O3S/c1-4-36(5-2)31(39)28-20(3)35-32-37(29(28)23-11-13-24(33)14-12-23)30(38)27(41-32)18-21-9-15-26(16-10-21)40-19-22-7-6-8-25(34)17-22/h6-18,29H,4-5,19H2,1-3H3/b27-18+/t29-/m0/s1. The third kappa shape index (κ3) is 6.17. The fraction of sp³-hybridized carbons (Fsp3) is 0.219. The van der Waals surface area contributed by atoms with Gasteiger partial charge >= 0.3 is 0 Å². The lowest BCUT2D eigenvalue weighted by Crippen LogP contribution is -2.43. The highest BCUT2D eigenvalue weighted by Gasteiger charge is 2.34. The van der Waals surface area contributed by atoms with Crippen molar-refractivity contribution < 1.29 is 9.53 Å². The molecule has 0 spiro atoms. The van der Waals surface area contributed by atoms with E-state index in [9.17, 15) is 9.59 Å². The molecule has 6 nitrogen and oxygen atoms in total. The van der Waals surface area contributed by atoms with Gasteiger partial charge in [0.1, 0.15) is 12.4 Å². The number of ether oxygens (including phenoxy) is 1. The smallest absolute Gasteiger partial charge is 0.271 e. The molecule has 1 aliphatic heterocycles. The molecule has 0 N–H and O–H groups in total. The van der Waals surface area contributed by atoms with Crippen LogP contribution in [0.4, 0.5) is 0 Å². The van der Waals surface area contributed by atoms with Gasteiger partial charge in [-0.2, -0.15) is 0 Å². The molecule has 0 aliphatic carbocycles. The number of amides is 1. The number of likely N-dealkylation sites (N-methyl/N-ethyl adjacent to an activating group) is 1. The minimum atomic E-state index is -0.610. The summed E-state index contributed by atoms with van der Waals surface area (Å²) in [7, 11) is 0. The summed E-state index contributed by atoms with van der Waals surface area (Å²) in [5, 5.41) is 1.25. The first-order chi connectivity index (χ1) is 19.8. The molecule has 1 atom stereocenters. The van der Waals surface area contributed by atoms with E-state index in [1.54, 1.807) is 21.6 Å². The fourth-order valence-corrected chi connectivity index (χ4v) is 6.23. The van der Waals surface area contributed by atoms with E-state index in [0.717, 1.165) is 16.7 Å². The van der Waals surface area contributed by atoms with Gasteiger partial charge in [-0.1, -0.05) is 70.9 Å². The van der Waals surface area contributed by atoms with Crippen LogP contribution in [0, 0.1) is 0 Å². The Balaban J connectivity index is 1.51.